The van der Waals surface area contributed by atoms with E-state index in [-0.39, 0.29) is 5.41 Å². The molecule has 4 rings (SSSR count). The van der Waals surface area contributed by atoms with E-state index in [2.05, 4.69) is 23.7 Å². The van der Waals surface area contributed by atoms with Crippen LogP contribution in [0.25, 0.3) is 11.3 Å². The molecule has 0 radical (unpaired) electrons. The largest absolute Gasteiger partial charge is 0.497 e. The van der Waals surface area contributed by atoms with Crippen molar-refractivity contribution in [1.29, 1.82) is 0 Å². The molecule has 1 N–H and O–H groups in total. The minimum absolute atomic E-state index is 0.230. The first-order valence-electron chi connectivity index (χ1n) is 13.7. The summed E-state index contributed by atoms with van der Waals surface area (Å²) in [7, 11) is 1.64. The van der Waals surface area contributed by atoms with Gasteiger partial charge in [-0.3, -0.25) is 9.97 Å². The van der Waals surface area contributed by atoms with Gasteiger partial charge in [-0.15, -0.1) is 0 Å². The summed E-state index contributed by atoms with van der Waals surface area (Å²) in [6.45, 7) is 14.0. The summed E-state index contributed by atoms with van der Waals surface area (Å²) >= 11 is 0. The highest BCUT2D eigenvalue weighted by Crippen LogP contribution is 2.43. The Morgan fingerprint density at radius 3 is 2.23 bits per heavy atom. The molecule has 0 aliphatic carbocycles. The maximum absolute atomic E-state index is 12.6. The number of aryl methyl sites for hydroxylation is 1. The molecule has 1 aliphatic heterocycles. The minimum atomic E-state index is -1.16. The second-order valence-corrected chi connectivity index (χ2v) is 12.1. The number of hydrogen-bond acceptors (Lipinski definition) is 7. The second-order valence-electron chi connectivity index (χ2n) is 12.1. The number of aliphatic carboxylic acids is 1. The molecular weight excluding hydrogens is 506 g/mol. The Hall–Kier alpha value is -3.65. The molecule has 3 aromatic rings. The van der Waals surface area contributed by atoms with E-state index in [0.29, 0.717) is 29.3 Å². The fourth-order valence-electron chi connectivity index (χ4n) is 4.89. The summed E-state index contributed by atoms with van der Waals surface area (Å²) in [5, 5.41) is 10.3. The van der Waals surface area contributed by atoms with Crippen LogP contribution in [0.15, 0.2) is 48.8 Å². The van der Waals surface area contributed by atoms with Crippen LogP contribution in [-0.4, -0.2) is 46.8 Å². The summed E-state index contributed by atoms with van der Waals surface area (Å²) < 4.78 is 17.3. The zero-order valence-corrected chi connectivity index (χ0v) is 24.7. The molecule has 1 atom stereocenters. The summed E-state index contributed by atoms with van der Waals surface area (Å²) in [6, 6.07) is 11.5. The Kier molecular flexibility index (Phi) is 8.68. The number of pyridine rings is 2. The highest BCUT2D eigenvalue weighted by atomic mass is 16.5. The van der Waals surface area contributed by atoms with Crippen LogP contribution in [0.2, 0.25) is 0 Å². The van der Waals surface area contributed by atoms with Crippen LogP contribution in [0.5, 0.6) is 11.5 Å². The van der Waals surface area contributed by atoms with Gasteiger partial charge in [0.15, 0.2) is 6.10 Å². The highest BCUT2D eigenvalue weighted by molar-refractivity contribution is 5.85. The van der Waals surface area contributed by atoms with Gasteiger partial charge in [0.2, 0.25) is 0 Å². The number of aromatic nitrogens is 2. The van der Waals surface area contributed by atoms with Crippen LogP contribution >= 0.6 is 0 Å². The molecule has 0 unspecified atom stereocenters. The van der Waals surface area contributed by atoms with Crippen molar-refractivity contribution in [3.8, 4) is 22.8 Å². The van der Waals surface area contributed by atoms with Gasteiger partial charge in [-0.2, -0.15) is 0 Å². The van der Waals surface area contributed by atoms with Crippen molar-refractivity contribution >= 4 is 11.7 Å². The number of benzene rings is 1. The number of methoxy groups -OCH3 is 1. The molecule has 0 bridgehead atoms. The van der Waals surface area contributed by atoms with E-state index in [1.165, 1.54) is 0 Å². The maximum Gasteiger partial charge on any atom is 0.337 e. The number of nitrogens with zero attached hydrogens (tertiary/aromatic N) is 3. The number of carboxylic acids is 1. The quantitative estimate of drug-likeness (QED) is 0.320. The standard InChI is InChI=1S/C32H41N3O5/c1-21-27(29(30(36)37)40-31(2,3)4)28(35-16-14-32(5,6)15-17-35)25(19-33-21)26-13-12-24(18-34-26)39-20-22-8-10-23(38-7)11-9-22/h8-13,18-19,29H,14-17,20H2,1-7H3,(H,36,37)/t29-/m0/s1. The Balaban J connectivity index is 1.70. The molecule has 1 aromatic carbocycles. The van der Waals surface area contributed by atoms with E-state index >= 15 is 0 Å². The first kappa shape index (κ1) is 29.3. The smallest absolute Gasteiger partial charge is 0.337 e. The molecule has 0 amide bonds. The molecule has 1 saturated heterocycles. The fourth-order valence-corrected chi connectivity index (χ4v) is 4.89. The third-order valence-electron chi connectivity index (χ3n) is 7.26. The highest BCUT2D eigenvalue weighted by Gasteiger charge is 2.36. The SMILES string of the molecule is COc1ccc(COc2ccc(-c3cnc(C)c([C@H](OC(C)(C)C)C(=O)O)c3N3CCC(C)(C)CC3)nc2)cc1. The molecule has 8 nitrogen and oxygen atoms in total. The Morgan fingerprint density at radius 2 is 1.68 bits per heavy atom. The lowest BCUT2D eigenvalue weighted by Crippen LogP contribution is -2.39. The predicted molar refractivity (Wildman–Crippen MR) is 156 cm³/mol. The Morgan fingerprint density at radius 1 is 1.02 bits per heavy atom. The fraction of sp³-hybridized carbons (Fsp3) is 0.469. The van der Waals surface area contributed by atoms with Gasteiger partial charge in [-0.25, -0.2) is 4.79 Å². The number of piperidine rings is 1. The predicted octanol–water partition coefficient (Wildman–Crippen LogP) is 6.61. The van der Waals surface area contributed by atoms with Crippen LogP contribution in [0.3, 0.4) is 0 Å². The molecule has 2 aromatic heterocycles. The van der Waals surface area contributed by atoms with Gasteiger partial charge in [0.1, 0.15) is 18.1 Å². The van der Waals surface area contributed by atoms with E-state index in [9.17, 15) is 9.90 Å². The van der Waals surface area contributed by atoms with Crippen LogP contribution in [0, 0.1) is 12.3 Å². The third kappa shape index (κ3) is 7.10. The van der Waals surface area contributed by atoms with E-state index in [0.717, 1.165) is 48.5 Å². The number of anilines is 1. The molecule has 40 heavy (non-hydrogen) atoms. The van der Waals surface area contributed by atoms with Crippen molar-refractivity contribution in [3.05, 3.63) is 65.6 Å². The molecule has 1 aliphatic rings. The average molecular weight is 548 g/mol. The molecule has 1 fully saturated rings. The first-order valence-corrected chi connectivity index (χ1v) is 13.7. The summed E-state index contributed by atoms with van der Waals surface area (Å²) in [5.74, 6) is 0.401. The average Bonchev–Trinajstić information content (AvgIpc) is 2.91. The minimum Gasteiger partial charge on any atom is -0.497 e. The van der Waals surface area contributed by atoms with Gasteiger partial charge in [-0.05, 0) is 75.8 Å². The monoisotopic (exact) mass is 547 g/mol. The molecule has 8 heteroatoms. The van der Waals surface area contributed by atoms with Gasteiger partial charge in [-0.1, -0.05) is 26.0 Å². The molecule has 0 spiro atoms. The van der Waals surface area contributed by atoms with Gasteiger partial charge < -0.3 is 24.2 Å². The van der Waals surface area contributed by atoms with E-state index in [1.807, 2.05) is 64.1 Å². The van der Waals surface area contributed by atoms with Gasteiger partial charge in [0.05, 0.1) is 30.3 Å². The lowest BCUT2D eigenvalue weighted by atomic mass is 9.82. The van der Waals surface area contributed by atoms with Crippen LogP contribution in [0.1, 0.15) is 70.4 Å². The number of hydrogen-bond donors (Lipinski definition) is 1. The zero-order chi connectivity index (χ0) is 29.1. The Bertz CT molecular complexity index is 1300. The Labute approximate surface area is 237 Å². The van der Waals surface area contributed by atoms with E-state index < -0.39 is 17.7 Å². The normalized spacial score (nSPS) is 15.9. The molecule has 214 valence electrons. The number of rotatable bonds is 9. The molecule has 0 saturated carbocycles. The zero-order valence-electron chi connectivity index (χ0n) is 24.7. The summed E-state index contributed by atoms with van der Waals surface area (Å²) in [6.07, 6.45) is 4.32. The van der Waals surface area contributed by atoms with Gasteiger partial charge in [0, 0.05) is 36.1 Å². The van der Waals surface area contributed by atoms with Gasteiger partial charge >= 0.3 is 5.97 Å². The van der Waals surface area contributed by atoms with Crippen molar-refractivity contribution < 1.29 is 24.1 Å². The van der Waals surface area contributed by atoms with Crippen LogP contribution in [-0.2, 0) is 16.1 Å². The lowest BCUT2D eigenvalue weighted by Gasteiger charge is -2.40. The second kappa shape index (κ2) is 11.8. The number of ether oxygens (including phenoxy) is 3. The van der Waals surface area contributed by atoms with Crippen molar-refractivity contribution in [2.24, 2.45) is 5.41 Å². The lowest BCUT2D eigenvalue weighted by molar-refractivity contribution is -0.160. The van der Waals surface area contributed by atoms with Crippen molar-refractivity contribution in [2.45, 2.75) is 72.7 Å². The summed E-state index contributed by atoms with van der Waals surface area (Å²) in [5.41, 5.74) is 4.13. The first-order chi connectivity index (χ1) is 18.9. The van der Waals surface area contributed by atoms with Crippen LogP contribution < -0.4 is 14.4 Å². The van der Waals surface area contributed by atoms with Crippen molar-refractivity contribution in [3.63, 3.8) is 0 Å². The van der Waals surface area contributed by atoms with E-state index in [1.54, 1.807) is 19.5 Å². The topological polar surface area (TPSA) is 94.0 Å². The van der Waals surface area contributed by atoms with Crippen LogP contribution in [0.4, 0.5) is 5.69 Å². The molecule has 3 heterocycles. The van der Waals surface area contributed by atoms with Crippen molar-refractivity contribution in [2.75, 3.05) is 25.1 Å². The summed E-state index contributed by atoms with van der Waals surface area (Å²) in [4.78, 5) is 24.2. The number of carbonyl (C=O) groups is 1. The third-order valence-corrected chi connectivity index (χ3v) is 7.26. The maximum atomic E-state index is 12.6. The van der Waals surface area contributed by atoms with E-state index in [4.69, 9.17) is 19.2 Å². The van der Waals surface area contributed by atoms with Crippen molar-refractivity contribution in [1.82, 2.24) is 9.97 Å². The number of carboxylic acid groups (broad SMARTS) is 1. The molecular formula is C32H41N3O5. The van der Waals surface area contributed by atoms with Gasteiger partial charge in [0.25, 0.3) is 0 Å².